The van der Waals surface area contributed by atoms with E-state index in [-0.39, 0.29) is 35.5 Å². The standard InChI is InChI=1S/C25H20Br2N2O3/c26-15-8-14(23(20(27)9-15)32-12-13-4-2-1-3-5-13)11-28-29-24(30)21-16-6-7-17(19-10-18(16)19)22(21)25(29)31/h1-9,11,16-19,21-22H,10,12H2/t16-,17-,18-,19-,21+,22+/m0/s1. The number of carbonyl (C=O) groups excluding carboxylic acids is 2. The smallest absolute Gasteiger partial charge is 0.254 e. The van der Waals surface area contributed by atoms with Crippen LogP contribution in [0.3, 0.4) is 0 Å². The summed E-state index contributed by atoms with van der Waals surface area (Å²) in [6.45, 7) is 0.394. The molecule has 2 amide bonds. The predicted molar refractivity (Wildman–Crippen MR) is 127 cm³/mol. The van der Waals surface area contributed by atoms with Gasteiger partial charge in [0, 0.05) is 10.0 Å². The van der Waals surface area contributed by atoms with Gasteiger partial charge in [-0.2, -0.15) is 10.1 Å². The number of rotatable bonds is 5. The second-order valence-corrected chi connectivity index (χ2v) is 10.7. The molecule has 0 radical (unpaired) electrons. The summed E-state index contributed by atoms with van der Waals surface area (Å²) in [5.74, 6) is 1.32. The van der Waals surface area contributed by atoms with Crippen LogP contribution in [0.25, 0.3) is 0 Å². The molecule has 5 nitrogen and oxygen atoms in total. The monoisotopic (exact) mass is 554 g/mol. The van der Waals surface area contributed by atoms with Crippen molar-refractivity contribution in [1.29, 1.82) is 0 Å². The van der Waals surface area contributed by atoms with Gasteiger partial charge in [-0.25, -0.2) is 0 Å². The third-order valence-corrected chi connectivity index (χ3v) is 8.26. The number of carbonyl (C=O) groups is 2. The number of amides is 2. The summed E-state index contributed by atoms with van der Waals surface area (Å²) < 4.78 is 7.68. The molecule has 0 N–H and O–H groups in total. The fourth-order valence-electron chi connectivity index (χ4n) is 5.73. The van der Waals surface area contributed by atoms with Crippen molar-refractivity contribution < 1.29 is 14.3 Å². The third kappa shape index (κ3) is 3.20. The molecule has 5 aliphatic rings. The van der Waals surface area contributed by atoms with Gasteiger partial charge in [0.05, 0.1) is 22.5 Å². The highest BCUT2D eigenvalue weighted by Gasteiger charge is 2.67. The molecule has 0 aromatic heterocycles. The summed E-state index contributed by atoms with van der Waals surface area (Å²) in [5, 5.41) is 5.47. The van der Waals surface area contributed by atoms with E-state index < -0.39 is 0 Å². The summed E-state index contributed by atoms with van der Waals surface area (Å²) in [6, 6.07) is 13.7. The molecule has 1 saturated heterocycles. The summed E-state index contributed by atoms with van der Waals surface area (Å²) in [4.78, 5) is 26.3. The lowest BCUT2D eigenvalue weighted by Crippen LogP contribution is -2.40. The Morgan fingerprint density at radius 1 is 1.00 bits per heavy atom. The Labute approximate surface area is 202 Å². The lowest BCUT2D eigenvalue weighted by atomic mass is 9.63. The zero-order valence-corrected chi connectivity index (χ0v) is 20.2. The van der Waals surface area contributed by atoms with Crippen LogP contribution in [0.5, 0.6) is 5.75 Å². The summed E-state index contributed by atoms with van der Waals surface area (Å²) >= 11 is 7.06. The molecule has 2 aromatic carbocycles. The van der Waals surface area contributed by atoms with Gasteiger partial charge < -0.3 is 4.74 Å². The molecule has 0 unspecified atom stereocenters. The lowest BCUT2D eigenvalue weighted by Gasteiger charge is -2.37. The quantitative estimate of drug-likeness (QED) is 0.290. The molecule has 6 atom stereocenters. The van der Waals surface area contributed by atoms with Crippen LogP contribution in [0, 0.1) is 35.5 Å². The van der Waals surface area contributed by atoms with E-state index in [1.807, 2.05) is 42.5 Å². The Morgan fingerprint density at radius 2 is 1.66 bits per heavy atom. The molecule has 3 fully saturated rings. The number of imide groups is 1. The first-order chi connectivity index (χ1) is 15.5. The van der Waals surface area contributed by atoms with Crippen LogP contribution < -0.4 is 4.74 Å². The van der Waals surface area contributed by atoms with E-state index in [0.29, 0.717) is 29.8 Å². The minimum absolute atomic E-state index is 0.165. The first-order valence-electron chi connectivity index (χ1n) is 10.8. The average molecular weight is 556 g/mol. The number of hydrogen-bond acceptors (Lipinski definition) is 4. The van der Waals surface area contributed by atoms with E-state index in [2.05, 4.69) is 49.1 Å². The van der Waals surface area contributed by atoms with Crippen LogP contribution in [0.15, 0.2) is 68.7 Å². The van der Waals surface area contributed by atoms with Crippen molar-refractivity contribution in [2.45, 2.75) is 13.0 Å². The second-order valence-electron chi connectivity index (χ2n) is 8.97. The van der Waals surface area contributed by atoms with Crippen molar-refractivity contribution >= 4 is 49.9 Å². The lowest BCUT2D eigenvalue weighted by molar-refractivity contribution is -0.140. The van der Waals surface area contributed by atoms with E-state index in [1.54, 1.807) is 6.21 Å². The maximum atomic E-state index is 13.2. The topological polar surface area (TPSA) is 59.0 Å². The van der Waals surface area contributed by atoms with Gasteiger partial charge in [-0.05, 0) is 63.7 Å². The van der Waals surface area contributed by atoms with Gasteiger partial charge in [0.2, 0.25) is 0 Å². The van der Waals surface area contributed by atoms with Gasteiger partial charge in [-0.3, -0.25) is 9.59 Å². The molecular weight excluding hydrogens is 536 g/mol. The normalized spacial score (nSPS) is 31.9. The second kappa shape index (κ2) is 7.66. The van der Waals surface area contributed by atoms with Gasteiger partial charge >= 0.3 is 0 Å². The predicted octanol–water partition coefficient (Wildman–Crippen LogP) is 5.18. The Hall–Kier alpha value is -2.25. The van der Waals surface area contributed by atoms with Crippen LogP contribution in [0.4, 0.5) is 0 Å². The van der Waals surface area contributed by atoms with Crippen molar-refractivity contribution in [3.63, 3.8) is 0 Å². The maximum absolute atomic E-state index is 13.2. The Morgan fingerprint density at radius 3 is 2.31 bits per heavy atom. The zero-order valence-electron chi connectivity index (χ0n) is 17.0. The maximum Gasteiger partial charge on any atom is 0.254 e. The fraction of sp³-hybridized carbons (Fsp3) is 0.320. The molecule has 0 spiro atoms. The highest BCUT2D eigenvalue weighted by Crippen LogP contribution is 2.65. The molecule has 32 heavy (non-hydrogen) atoms. The van der Waals surface area contributed by atoms with Gasteiger partial charge in [0.25, 0.3) is 11.8 Å². The number of nitrogens with zero attached hydrogens (tertiary/aromatic N) is 2. The van der Waals surface area contributed by atoms with Gasteiger partial charge in [-0.1, -0.05) is 58.4 Å². The van der Waals surface area contributed by atoms with Crippen molar-refractivity contribution in [1.82, 2.24) is 5.01 Å². The zero-order chi connectivity index (χ0) is 22.0. The number of allylic oxidation sites excluding steroid dienone is 2. The highest BCUT2D eigenvalue weighted by atomic mass is 79.9. The van der Waals surface area contributed by atoms with Crippen molar-refractivity contribution in [3.05, 3.63) is 74.7 Å². The SMILES string of the molecule is O=C1[C@@H]2[C@H]3C=C[C@@H]([C@@H]4C[C@@H]34)[C@H]2C(=O)N1N=Cc1cc(Br)cc(Br)c1OCc1ccccc1. The molecule has 2 saturated carbocycles. The van der Waals surface area contributed by atoms with Crippen LogP contribution in [0.1, 0.15) is 17.5 Å². The van der Waals surface area contributed by atoms with Gasteiger partial charge in [0.1, 0.15) is 12.4 Å². The fourth-order valence-corrected chi connectivity index (χ4v) is 7.11. The van der Waals surface area contributed by atoms with Crippen molar-refractivity contribution in [2.24, 2.45) is 40.6 Å². The molecule has 1 heterocycles. The van der Waals surface area contributed by atoms with Crippen molar-refractivity contribution in [2.75, 3.05) is 0 Å². The molecule has 7 rings (SSSR count). The summed E-state index contributed by atoms with van der Waals surface area (Å²) in [5.41, 5.74) is 1.72. The largest absolute Gasteiger partial charge is 0.487 e. The molecular formula is C25H20Br2N2O3. The number of ether oxygens (including phenoxy) is 1. The van der Waals surface area contributed by atoms with Crippen LogP contribution >= 0.6 is 31.9 Å². The third-order valence-electron chi connectivity index (χ3n) is 7.21. The minimum atomic E-state index is -0.249. The number of benzene rings is 2. The van der Waals surface area contributed by atoms with Crippen LogP contribution in [-0.4, -0.2) is 23.0 Å². The van der Waals surface area contributed by atoms with E-state index >= 15 is 0 Å². The molecule has 2 bridgehead atoms. The van der Waals surface area contributed by atoms with E-state index in [4.69, 9.17) is 4.74 Å². The van der Waals surface area contributed by atoms with E-state index in [1.165, 1.54) is 0 Å². The average Bonchev–Trinajstić information content (AvgIpc) is 3.57. The van der Waals surface area contributed by atoms with Crippen LogP contribution in [-0.2, 0) is 16.2 Å². The summed E-state index contributed by atoms with van der Waals surface area (Å²) in [7, 11) is 0. The first kappa shape index (κ1) is 20.4. The Bertz CT molecular complexity index is 1140. The van der Waals surface area contributed by atoms with Gasteiger partial charge in [0.15, 0.2) is 0 Å². The van der Waals surface area contributed by atoms with Crippen molar-refractivity contribution in [3.8, 4) is 5.75 Å². The molecule has 2 aromatic rings. The molecule has 7 heteroatoms. The van der Waals surface area contributed by atoms with E-state index in [9.17, 15) is 9.59 Å². The molecule has 162 valence electrons. The number of halogens is 2. The Kier molecular flexibility index (Phi) is 4.88. The van der Waals surface area contributed by atoms with Gasteiger partial charge in [-0.15, -0.1) is 0 Å². The highest BCUT2D eigenvalue weighted by molar-refractivity contribution is 9.11. The molecule has 4 aliphatic carbocycles. The molecule has 1 aliphatic heterocycles. The minimum Gasteiger partial charge on any atom is -0.487 e. The number of hydrazone groups is 1. The van der Waals surface area contributed by atoms with Crippen LogP contribution in [0.2, 0.25) is 0 Å². The number of hydrogen-bond donors (Lipinski definition) is 0. The Balaban J connectivity index is 1.27. The summed E-state index contributed by atoms with van der Waals surface area (Å²) in [6.07, 6.45) is 7.03. The first-order valence-corrected chi connectivity index (χ1v) is 12.4. The van der Waals surface area contributed by atoms with E-state index in [0.717, 1.165) is 25.9 Å².